The summed E-state index contributed by atoms with van der Waals surface area (Å²) in [6.07, 6.45) is 2.87. The third-order valence-corrected chi connectivity index (χ3v) is 6.12. The standard InChI is InChI=1S/C17H26N2O4S/c1-19-6-3-17(4-7-19)15-13(2-9-23-17)12-14(24-15)16(21)18-5-10-22-11-8-20/h12,20H,2-11H2,1H3,(H,18,21). The van der Waals surface area contributed by atoms with Gasteiger partial charge in [-0.05, 0) is 37.9 Å². The fraction of sp³-hybridized carbons (Fsp3) is 0.706. The molecule has 0 saturated carbocycles. The number of carbonyl (C=O) groups is 1. The molecule has 1 saturated heterocycles. The van der Waals surface area contributed by atoms with Gasteiger partial charge in [-0.15, -0.1) is 11.3 Å². The van der Waals surface area contributed by atoms with Crippen LogP contribution in [-0.2, 0) is 21.5 Å². The molecule has 2 N–H and O–H groups in total. The van der Waals surface area contributed by atoms with Crippen LogP contribution in [0.1, 0.15) is 33.0 Å². The Bertz CT molecular complexity index is 567. The first-order valence-electron chi connectivity index (χ1n) is 8.57. The fourth-order valence-corrected chi connectivity index (χ4v) is 4.70. The van der Waals surface area contributed by atoms with Crippen molar-refractivity contribution in [2.75, 3.05) is 53.1 Å². The lowest BCUT2D eigenvalue weighted by Crippen LogP contribution is -2.44. The summed E-state index contributed by atoms with van der Waals surface area (Å²) in [6.45, 7) is 3.97. The van der Waals surface area contributed by atoms with Gasteiger partial charge in [0.25, 0.3) is 5.91 Å². The van der Waals surface area contributed by atoms with Crippen molar-refractivity contribution in [2.45, 2.75) is 24.9 Å². The van der Waals surface area contributed by atoms with Gasteiger partial charge < -0.3 is 24.8 Å². The molecule has 0 aromatic carbocycles. The Morgan fingerprint density at radius 1 is 1.46 bits per heavy atom. The smallest absolute Gasteiger partial charge is 0.261 e. The first-order valence-corrected chi connectivity index (χ1v) is 9.39. The second-order valence-corrected chi connectivity index (χ2v) is 7.51. The first kappa shape index (κ1) is 17.8. The number of hydrogen-bond acceptors (Lipinski definition) is 6. The van der Waals surface area contributed by atoms with Gasteiger partial charge in [-0.2, -0.15) is 0 Å². The van der Waals surface area contributed by atoms with Crippen LogP contribution in [0.4, 0.5) is 0 Å². The highest BCUT2D eigenvalue weighted by atomic mass is 32.1. The van der Waals surface area contributed by atoms with E-state index < -0.39 is 0 Å². The number of rotatable bonds is 6. The summed E-state index contributed by atoms with van der Waals surface area (Å²) in [6, 6.07) is 2.03. The van der Waals surface area contributed by atoms with E-state index in [1.54, 1.807) is 11.3 Å². The highest BCUT2D eigenvalue weighted by molar-refractivity contribution is 7.14. The first-order chi connectivity index (χ1) is 11.6. The number of carbonyl (C=O) groups excluding carboxylic acids is 1. The van der Waals surface area contributed by atoms with Crippen LogP contribution in [0.15, 0.2) is 6.07 Å². The molecule has 1 spiro atoms. The number of fused-ring (bicyclic) bond motifs is 2. The van der Waals surface area contributed by atoms with E-state index in [9.17, 15) is 4.79 Å². The van der Waals surface area contributed by atoms with Gasteiger partial charge >= 0.3 is 0 Å². The zero-order valence-corrected chi connectivity index (χ0v) is 15.0. The summed E-state index contributed by atoms with van der Waals surface area (Å²) < 4.78 is 11.4. The Balaban J connectivity index is 1.65. The molecule has 134 valence electrons. The molecule has 0 radical (unpaired) electrons. The van der Waals surface area contributed by atoms with E-state index >= 15 is 0 Å². The van der Waals surface area contributed by atoms with E-state index in [1.165, 1.54) is 10.4 Å². The van der Waals surface area contributed by atoms with E-state index in [1.807, 2.05) is 6.07 Å². The second kappa shape index (κ2) is 7.93. The summed E-state index contributed by atoms with van der Waals surface area (Å²) in [7, 11) is 2.14. The molecular weight excluding hydrogens is 328 g/mol. The number of thiophene rings is 1. The molecule has 6 nitrogen and oxygen atoms in total. The van der Waals surface area contributed by atoms with Crippen molar-refractivity contribution in [3.63, 3.8) is 0 Å². The Morgan fingerprint density at radius 3 is 3.00 bits per heavy atom. The Morgan fingerprint density at radius 2 is 2.25 bits per heavy atom. The van der Waals surface area contributed by atoms with Crippen molar-refractivity contribution >= 4 is 17.2 Å². The Hall–Kier alpha value is -0.990. The number of amides is 1. The van der Waals surface area contributed by atoms with Crippen molar-refractivity contribution in [3.05, 3.63) is 21.4 Å². The highest BCUT2D eigenvalue weighted by Crippen LogP contribution is 2.45. The monoisotopic (exact) mass is 354 g/mol. The van der Waals surface area contributed by atoms with Crippen LogP contribution >= 0.6 is 11.3 Å². The largest absolute Gasteiger partial charge is 0.394 e. The molecule has 0 unspecified atom stereocenters. The second-order valence-electron chi connectivity index (χ2n) is 6.45. The average Bonchev–Trinajstić information content (AvgIpc) is 3.03. The van der Waals surface area contributed by atoms with Crippen LogP contribution < -0.4 is 5.32 Å². The number of nitrogens with one attached hydrogen (secondary N) is 1. The Kier molecular flexibility index (Phi) is 5.89. The summed E-state index contributed by atoms with van der Waals surface area (Å²) >= 11 is 1.58. The molecule has 7 heteroatoms. The van der Waals surface area contributed by atoms with Crippen molar-refractivity contribution in [1.82, 2.24) is 10.2 Å². The van der Waals surface area contributed by atoms with Crippen LogP contribution in [0.2, 0.25) is 0 Å². The van der Waals surface area contributed by atoms with E-state index in [2.05, 4.69) is 17.3 Å². The molecule has 2 aliphatic rings. The SMILES string of the molecule is CN1CCC2(CC1)OCCc1cc(C(=O)NCCOCCO)sc12. The predicted molar refractivity (Wildman–Crippen MR) is 92.6 cm³/mol. The minimum atomic E-state index is -0.187. The molecular formula is C17H26N2O4S. The van der Waals surface area contributed by atoms with E-state index in [4.69, 9.17) is 14.6 Å². The van der Waals surface area contributed by atoms with Gasteiger partial charge in [-0.1, -0.05) is 0 Å². The van der Waals surface area contributed by atoms with Gasteiger partial charge in [-0.3, -0.25) is 4.79 Å². The van der Waals surface area contributed by atoms with Crippen LogP contribution in [0.5, 0.6) is 0 Å². The number of aliphatic hydroxyl groups excluding tert-OH is 1. The maximum Gasteiger partial charge on any atom is 0.261 e. The average molecular weight is 354 g/mol. The number of aliphatic hydroxyl groups is 1. The number of ether oxygens (including phenoxy) is 2. The molecule has 2 aliphatic heterocycles. The van der Waals surface area contributed by atoms with Crippen LogP contribution in [0.25, 0.3) is 0 Å². The zero-order chi connectivity index (χ0) is 17.0. The molecule has 24 heavy (non-hydrogen) atoms. The molecule has 0 aliphatic carbocycles. The topological polar surface area (TPSA) is 71.0 Å². The molecule has 1 aromatic rings. The molecule has 3 rings (SSSR count). The van der Waals surface area contributed by atoms with Crippen molar-refractivity contribution in [2.24, 2.45) is 0 Å². The number of piperidine rings is 1. The lowest BCUT2D eigenvalue weighted by molar-refractivity contribution is -0.0921. The molecule has 0 atom stereocenters. The zero-order valence-electron chi connectivity index (χ0n) is 14.2. The summed E-state index contributed by atoms with van der Waals surface area (Å²) in [4.78, 5) is 16.7. The molecule has 1 fully saturated rings. The van der Waals surface area contributed by atoms with Crippen LogP contribution in [0.3, 0.4) is 0 Å². The van der Waals surface area contributed by atoms with Crippen molar-refractivity contribution < 1.29 is 19.4 Å². The quantitative estimate of drug-likeness (QED) is 0.745. The van der Waals surface area contributed by atoms with E-state index in [0.29, 0.717) is 19.8 Å². The third kappa shape index (κ3) is 3.81. The van der Waals surface area contributed by atoms with Gasteiger partial charge in [0.2, 0.25) is 0 Å². The van der Waals surface area contributed by atoms with Gasteiger partial charge in [0.15, 0.2) is 0 Å². The maximum absolute atomic E-state index is 12.4. The Labute approximate surface area is 146 Å². The highest BCUT2D eigenvalue weighted by Gasteiger charge is 2.42. The minimum Gasteiger partial charge on any atom is -0.394 e. The predicted octanol–water partition coefficient (Wildman–Crippen LogP) is 0.980. The van der Waals surface area contributed by atoms with E-state index in [0.717, 1.165) is 43.8 Å². The van der Waals surface area contributed by atoms with Crippen LogP contribution in [-0.4, -0.2) is 69.0 Å². The lowest BCUT2D eigenvalue weighted by Gasteiger charge is -2.42. The molecule has 1 aromatic heterocycles. The van der Waals surface area contributed by atoms with Gasteiger partial charge in [0, 0.05) is 24.5 Å². The normalized spacial score (nSPS) is 20.1. The summed E-state index contributed by atoms with van der Waals surface area (Å²) in [5, 5.41) is 11.5. The van der Waals surface area contributed by atoms with E-state index in [-0.39, 0.29) is 18.1 Å². The number of likely N-dealkylation sites (tertiary alicyclic amines) is 1. The summed E-state index contributed by atoms with van der Waals surface area (Å²) in [5.41, 5.74) is 1.09. The number of nitrogens with zero attached hydrogens (tertiary/aromatic N) is 1. The lowest BCUT2D eigenvalue weighted by atomic mass is 9.85. The molecule has 1 amide bonds. The number of hydrogen-bond donors (Lipinski definition) is 2. The van der Waals surface area contributed by atoms with Gasteiger partial charge in [-0.25, -0.2) is 0 Å². The molecule has 0 bridgehead atoms. The fourth-order valence-electron chi connectivity index (χ4n) is 3.38. The minimum absolute atomic E-state index is 0.00284. The summed E-state index contributed by atoms with van der Waals surface area (Å²) in [5.74, 6) is -0.0509. The third-order valence-electron chi connectivity index (χ3n) is 4.76. The molecule has 3 heterocycles. The van der Waals surface area contributed by atoms with Gasteiger partial charge in [0.1, 0.15) is 5.60 Å². The van der Waals surface area contributed by atoms with Crippen molar-refractivity contribution in [3.8, 4) is 0 Å². The maximum atomic E-state index is 12.4. The van der Waals surface area contributed by atoms with Gasteiger partial charge in [0.05, 0.1) is 31.3 Å². The van der Waals surface area contributed by atoms with Crippen LogP contribution in [0, 0.1) is 0 Å². The van der Waals surface area contributed by atoms with Crippen molar-refractivity contribution in [1.29, 1.82) is 0 Å².